The Bertz CT molecular complexity index is 1270. The molecule has 1 heterocycles. The molecule has 0 radical (unpaired) electrons. The van der Waals surface area contributed by atoms with E-state index in [4.69, 9.17) is 4.74 Å². The standard InChI is InChI=1S/C28H26F4N2O4/c29-24-17-21(34-27(36)3-1-2-18-4-10-22(11-5-18)38-28(30,31)32)9-13-26(24)37-23-14-15-33-20(16-23)8-12-25(35)19-6-7-19/h4-5,9-11,13-17,19H,1-3,6-8,12H2,(H,34,36). The number of pyridine rings is 1. The second kappa shape index (κ2) is 12.1. The minimum absolute atomic E-state index is 0.0212. The van der Waals surface area contributed by atoms with Crippen LogP contribution < -0.4 is 14.8 Å². The minimum Gasteiger partial charge on any atom is -0.454 e. The van der Waals surface area contributed by atoms with E-state index in [-0.39, 0.29) is 41.2 Å². The van der Waals surface area contributed by atoms with E-state index in [1.807, 2.05) is 0 Å². The first-order valence-electron chi connectivity index (χ1n) is 12.2. The summed E-state index contributed by atoms with van der Waals surface area (Å²) in [5.41, 5.74) is 1.71. The summed E-state index contributed by atoms with van der Waals surface area (Å²) in [6.07, 6.45) is 0.718. The van der Waals surface area contributed by atoms with Crippen LogP contribution in [0.1, 0.15) is 43.4 Å². The lowest BCUT2D eigenvalue weighted by atomic mass is 10.1. The highest BCUT2D eigenvalue weighted by Gasteiger charge is 2.31. The van der Waals surface area contributed by atoms with Gasteiger partial charge in [-0.25, -0.2) is 4.39 Å². The molecule has 1 fully saturated rings. The number of hydrogen-bond donors (Lipinski definition) is 1. The lowest BCUT2D eigenvalue weighted by Crippen LogP contribution is -2.17. The van der Waals surface area contributed by atoms with Crippen molar-refractivity contribution in [2.45, 2.75) is 51.3 Å². The van der Waals surface area contributed by atoms with Crippen LogP contribution in [0.5, 0.6) is 17.2 Å². The summed E-state index contributed by atoms with van der Waals surface area (Å²) in [5, 5.41) is 2.62. The monoisotopic (exact) mass is 530 g/mol. The van der Waals surface area contributed by atoms with E-state index < -0.39 is 12.2 Å². The average molecular weight is 531 g/mol. The molecule has 0 aliphatic heterocycles. The Labute approximate surface area is 217 Å². The van der Waals surface area contributed by atoms with Gasteiger partial charge in [-0.3, -0.25) is 14.6 Å². The van der Waals surface area contributed by atoms with E-state index in [1.165, 1.54) is 36.4 Å². The van der Waals surface area contributed by atoms with Gasteiger partial charge in [0, 0.05) is 48.5 Å². The zero-order chi connectivity index (χ0) is 27.1. The Hall–Kier alpha value is -3.95. The molecular formula is C28H26F4N2O4. The predicted molar refractivity (Wildman–Crippen MR) is 131 cm³/mol. The average Bonchev–Trinajstić information content (AvgIpc) is 3.70. The lowest BCUT2D eigenvalue weighted by molar-refractivity contribution is -0.274. The summed E-state index contributed by atoms with van der Waals surface area (Å²) in [7, 11) is 0. The van der Waals surface area contributed by atoms with Crippen molar-refractivity contribution < 1.29 is 36.6 Å². The van der Waals surface area contributed by atoms with Crippen molar-refractivity contribution in [3.8, 4) is 17.2 Å². The molecule has 1 aromatic heterocycles. The molecule has 1 saturated carbocycles. The van der Waals surface area contributed by atoms with Gasteiger partial charge in [0.15, 0.2) is 11.6 Å². The Morgan fingerprint density at radius 3 is 2.39 bits per heavy atom. The number of halogens is 4. The smallest absolute Gasteiger partial charge is 0.454 e. The number of carbonyl (C=O) groups excluding carboxylic acids is 2. The molecule has 0 spiro atoms. The molecule has 200 valence electrons. The van der Waals surface area contributed by atoms with Crippen molar-refractivity contribution in [3.05, 3.63) is 77.9 Å². The molecule has 10 heteroatoms. The van der Waals surface area contributed by atoms with E-state index in [2.05, 4.69) is 15.0 Å². The number of nitrogens with zero attached hydrogens (tertiary/aromatic N) is 1. The van der Waals surface area contributed by atoms with E-state index >= 15 is 0 Å². The number of nitrogens with one attached hydrogen (secondary N) is 1. The number of ether oxygens (including phenoxy) is 2. The predicted octanol–water partition coefficient (Wildman–Crippen LogP) is 6.78. The maximum atomic E-state index is 14.6. The number of aromatic nitrogens is 1. The molecule has 0 bridgehead atoms. The van der Waals surface area contributed by atoms with Gasteiger partial charge in [-0.2, -0.15) is 0 Å². The molecular weight excluding hydrogens is 504 g/mol. The van der Waals surface area contributed by atoms with Gasteiger partial charge in [0.2, 0.25) is 5.91 Å². The van der Waals surface area contributed by atoms with Crippen LogP contribution in [0.4, 0.5) is 23.2 Å². The van der Waals surface area contributed by atoms with Gasteiger partial charge < -0.3 is 14.8 Å². The third-order valence-corrected chi connectivity index (χ3v) is 5.92. The molecule has 0 atom stereocenters. The summed E-state index contributed by atoms with van der Waals surface area (Å²) in [6, 6.07) is 12.8. The van der Waals surface area contributed by atoms with Crippen molar-refractivity contribution in [2.75, 3.05) is 5.32 Å². The Kier molecular flexibility index (Phi) is 8.60. The maximum absolute atomic E-state index is 14.6. The molecule has 1 aliphatic rings. The summed E-state index contributed by atoms with van der Waals surface area (Å²) in [4.78, 5) is 28.4. The number of amides is 1. The lowest BCUT2D eigenvalue weighted by Gasteiger charge is -2.11. The van der Waals surface area contributed by atoms with Gasteiger partial charge in [0.25, 0.3) is 0 Å². The van der Waals surface area contributed by atoms with Crippen LogP contribution in [0.25, 0.3) is 0 Å². The molecule has 0 unspecified atom stereocenters. The highest BCUT2D eigenvalue weighted by molar-refractivity contribution is 5.90. The maximum Gasteiger partial charge on any atom is 0.573 e. The van der Waals surface area contributed by atoms with Crippen molar-refractivity contribution in [2.24, 2.45) is 5.92 Å². The first kappa shape index (κ1) is 27.1. The SMILES string of the molecule is O=C(CCCc1ccc(OC(F)(F)F)cc1)Nc1ccc(Oc2ccnc(CCC(=O)C3CC3)c2)c(F)c1. The number of hydrogen-bond acceptors (Lipinski definition) is 5. The normalized spacial score (nSPS) is 13.2. The highest BCUT2D eigenvalue weighted by atomic mass is 19.4. The topological polar surface area (TPSA) is 77.5 Å². The van der Waals surface area contributed by atoms with Crippen LogP contribution in [0.2, 0.25) is 0 Å². The van der Waals surface area contributed by atoms with Gasteiger partial charge in [-0.15, -0.1) is 13.2 Å². The number of ketones is 1. The Balaban J connectivity index is 1.23. The van der Waals surface area contributed by atoms with Crippen molar-refractivity contribution in [1.29, 1.82) is 0 Å². The van der Waals surface area contributed by atoms with Gasteiger partial charge in [-0.05, 0) is 68.0 Å². The largest absolute Gasteiger partial charge is 0.573 e. The van der Waals surface area contributed by atoms with Crippen LogP contribution in [0.15, 0.2) is 60.8 Å². The third-order valence-electron chi connectivity index (χ3n) is 5.92. The molecule has 6 nitrogen and oxygen atoms in total. The molecule has 1 N–H and O–H groups in total. The first-order chi connectivity index (χ1) is 18.1. The second-order valence-corrected chi connectivity index (χ2v) is 9.06. The fourth-order valence-electron chi connectivity index (χ4n) is 3.84. The third kappa shape index (κ3) is 8.57. The number of aryl methyl sites for hydroxylation is 2. The summed E-state index contributed by atoms with van der Waals surface area (Å²) >= 11 is 0. The van der Waals surface area contributed by atoms with Gasteiger partial charge in [0.05, 0.1) is 0 Å². The number of Topliss-reactive ketones (excluding diaryl/α,β-unsaturated/α-hetero) is 1. The molecule has 0 saturated heterocycles. The zero-order valence-corrected chi connectivity index (χ0v) is 20.4. The van der Waals surface area contributed by atoms with Crippen molar-refractivity contribution in [3.63, 3.8) is 0 Å². The van der Waals surface area contributed by atoms with E-state index in [1.54, 1.807) is 18.3 Å². The van der Waals surface area contributed by atoms with Crippen LogP contribution in [0, 0.1) is 11.7 Å². The molecule has 2 aromatic carbocycles. The van der Waals surface area contributed by atoms with E-state index in [0.29, 0.717) is 37.1 Å². The Morgan fingerprint density at radius 2 is 1.71 bits per heavy atom. The summed E-state index contributed by atoms with van der Waals surface area (Å²) in [6.45, 7) is 0. The quantitative estimate of drug-likeness (QED) is 0.261. The van der Waals surface area contributed by atoms with Crippen LogP contribution in [-0.2, 0) is 22.4 Å². The Morgan fingerprint density at radius 1 is 0.947 bits per heavy atom. The second-order valence-electron chi connectivity index (χ2n) is 9.06. The molecule has 1 aliphatic carbocycles. The number of anilines is 1. The summed E-state index contributed by atoms with van der Waals surface area (Å²) < 4.78 is 60.8. The number of rotatable bonds is 12. The van der Waals surface area contributed by atoms with Crippen molar-refractivity contribution >= 4 is 17.4 Å². The van der Waals surface area contributed by atoms with Gasteiger partial charge in [-0.1, -0.05) is 12.1 Å². The molecule has 1 amide bonds. The minimum atomic E-state index is -4.75. The van der Waals surface area contributed by atoms with Crippen LogP contribution in [-0.4, -0.2) is 23.0 Å². The molecule has 4 rings (SSSR count). The zero-order valence-electron chi connectivity index (χ0n) is 20.4. The highest BCUT2D eigenvalue weighted by Crippen LogP contribution is 2.32. The number of carbonyl (C=O) groups is 2. The fraction of sp³-hybridized carbons (Fsp3) is 0.321. The van der Waals surface area contributed by atoms with Gasteiger partial charge in [0.1, 0.15) is 17.3 Å². The van der Waals surface area contributed by atoms with E-state index in [0.717, 1.165) is 24.5 Å². The van der Waals surface area contributed by atoms with Gasteiger partial charge >= 0.3 is 6.36 Å². The number of benzene rings is 2. The first-order valence-corrected chi connectivity index (χ1v) is 12.2. The molecule has 38 heavy (non-hydrogen) atoms. The van der Waals surface area contributed by atoms with Crippen LogP contribution >= 0.6 is 0 Å². The van der Waals surface area contributed by atoms with E-state index in [9.17, 15) is 27.2 Å². The fourth-order valence-corrected chi connectivity index (χ4v) is 3.84. The molecule has 3 aromatic rings. The van der Waals surface area contributed by atoms with Crippen molar-refractivity contribution in [1.82, 2.24) is 4.98 Å². The summed E-state index contributed by atoms with van der Waals surface area (Å²) in [5.74, 6) is -0.478. The number of alkyl halides is 3. The van der Waals surface area contributed by atoms with Crippen LogP contribution in [0.3, 0.4) is 0 Å².